The van der Waals surface area contributed by atoms with Crippen molar-refractivity contribution in [3.63, 3.8) is 0 Å². The fraction of sp³-hybridized carbons (Fsp3) is 0.529. The number of nitrogens with zero attached hydrogens (tertiary/aromatic N) is 5. The van der Waals surface area contributed by atoms with Gasteiger partial charge in [-0.2, -0.15) is 5.10 Å². The third-order valence-corrected chi connectivity index (χ3v) is 5.14. The van der Waals surface area contributed by atoms with Gasteiger partial charge in [-0.1, -0.05) is 0 Å². The minimum absolute atomic E-state index is 0.0456. The molecule has 0 bridgehead atoms. The zero-order valence-corrected chi connectivity index (χ0v) is 14.1. The smallest absolute Gasteiger partial charge is 0.259 e. The first-order valence-electron chi connectivity index (χ1n) is 8.41. The van der Waals surface area contributed by atoms with Crippen LogP contribution in [0.2, 0.25) is 0 Å². The van der Waals surface area contributed by atoms with Crippen molar-refractivity contribution >= 4 is 5.91 Å². The van der Waals surface area contributed by atoms with E-state index in [1.165, 1.54) is 0 Å². The Labute approximate surface area is 141 Å². The number of aromatic nitrogens is 3. The van der Waals surface area contributed by atoms with Crippen LogP contribution in [0.25, 0.3) is 5.82 Å². The molecule has 0 aromatic carbocycles. The molecule has 0 N–H and O–H groups in total. The van der Waals surface area contributed by atoms with E-state index in [0.717, 1.165) is 31.9 Å². The number of rotatable bonds is 2. The van der Waals surface area contributed by atoms with Gasteiger partial charge >= 0.3 is 0 Å². The fourth-order valence-electron chi connectivity index (χ4n) is 3.76. The number of fused-ring (bicyclic) bond motifs is 1. The molecule has 2 fully saturated rings. The van der Waals surface area contributed by atoms with E-state index in [1.807, 2.05) is 41.0 Å². The molecule has 0 radical (unpaired) electrons. The van der Waals surface area contributed by atoms with Crippen LogP contribution in [-0.4, -0.2) is 75.5 Å². The van der Waals surface area contributed by atoms with Crippen LogP contribution in [0, 0.1) is 0 Å². The van der Waals surface area contributed by atoms with E-state index in [2.05, 4.69) is 17.0 Å². The molecule has 2 aromatic rings. The van der Waals surface area contributed by atoms with E-state index in [9.17, 15) is 4.79 Å². The van der Waals surface area contributed by atoms with Crippen LogP contribution in [0.4, 0.5) is 0 Å². The van der Waals surface area contributed by atoms with Gasteiger partial charge in [0, 0.05) is 39.1 Å². The summed E-state index contributed by atoms with van der Waals surface area (Å²) in [5.74, 6) is 0.851. The molecule has 7 heteroatoms. The largest absolute Gasteiger partial charge is 0.375 e. The lowest BCUT2D eigenvalue weighted by Crippen LogP contribution is -2.59. The third-order valence-electron chi connectivity index (χ3n) is 5.14. The number of likely N-dealkylation sites (tertiary alicyclic amines) is 1. The molecule has 0 saturated carbocycles. The van der Waals surface area contributed by atoms with Crippen LogP contribution in [0.1, 0.15) is 16.8 Å². The topological polar surface area (TPSA) is 55.5 Å². The number of carbonyl (C=O) groups excluding carboxylic acids is 1. The van der Waals surface area contributed by atoms with Crippen molar-refractivity contribution in [2.24, 2.45) is 7.05 Å². The molecule has 2 atom stereocenters. The van der Waals surface area contributed by atoms with Crippen LogP contribution in [0.15, 0.2) is 30.7 Å². The number of likely N-dealkylation sites (N-methyl/N-ethyl adjacent to an activating group) is 1. The van der Waals surface area contributed by atoms with E-state index < -0.39 is 0 Å². The third kappa shape index (κ3) is 2.53. The van der Waals surface area contributed by atoms with Gasteiger partial charge in [-0.15, -0.1) is 0 Å². The Morgan fingerprint density at radius 2 is 2.04 bits per heavy atom. The molecule has 24 heavy (non-hydrogen) atoms. The Balaban J connectivity index is 1.59. The van der Waals surface area contributed by atoms with Crippen molar-refractivity contribution in [2.45, 2.75) is 18.6 Å². The van der Waals surface area contributed by atoms with Crippen molar-refractivity contribution in [1.29, 1.82) is 0 Å². The summed E-state index contributed by atoms with van der Waals surface area (Å²) in [6, 6.07) is 4.17. The predicted molar refractivity (Wildman–Crippen MR) is 89.2 cm³/mol. The molecule has 4 rings (SSSR count). The normalized spacial score (nSPS) is 24.8. The average Bonchev–Trinajstić information content (AvgIpc) is 3.23. The van der Waals surface area contributed by atoms with Gasteiger partial charge in [0.1, 0.15) is 11.4 Å². The first-order chi connectivity index (χ1) is 11.6. The molecule has 2 aliphatic heterocycles. The Kier molecular flexibility index (Phi) is 3.90. The fourth-order valence-corrected chi connectivity index (χ4v) is 3.76. The van der Waals surface area contributed by atoms with Crippen LogP contribution >= 0.6 is 0 Å². The van der Waals surface area contributed by atoms with Gasteiger partial charge in [0.2, 0.25) is 0 Å². The highest BCUT2D eigenvalue weighted by atomic mass is 16.5. The van der Waals surface area contributed by atoms with E-state index >= 15 is 0 Å². The molecular formula is C17H23N5O2. The molecule has 1 amide bonds. The van der Waals surface area contributed by atoms with E-state index in [4.69, 9.17) is 4.74 Å². The van der Waals surface area contributed by atoms with Crippen molar-refractivity contribution in [2.75, 3.05) is 33.3 Å². The van der Waals surface area contributed by atoms with Gasteiger partial charge in [-0.3, -0.25) is 14.4 Å². The SMILES string of the molecule is CN1CCO[C@H]2CCN(C(=O)c3cnn(C)c3-n3cccc3)C[C@H]21. The summed E-state index contributed by atoms with van der Waals surface area (Å²) < 4.78 is 9.55. The molecule has 2 aliphatic rings. The van der Waals surface area contributed by atoms with Gasteiger partial charge < -0.3 is 14.2 Å². The Bertz CT molecular complexity index is 723. The number of amides is 1. The molecule has 0 spiro atoms. The maximum Gasteiger partial charge on any atom is 0.259 e. The second kappa shape index (κ2) is 6.07. The second-order valence-electron chi connectivity index (χ2n) is 6.59. The number of piperidine rings is 1. The molecule has 2 saturated heterocycles. The summed E-state index contributed by atoms with van der Waals surface area (Å²) in [7, 11) is 3.98. The first-order valence-corrected chi connectivity index (χ1v) is 8.41. The zero-order chi connectivity index (χ0) is 16.7. The van der Waals surface area contributed by atoms with Crippen molar-refractivity contribution < 1.29 is 9.53 Å². The molecule has 4 heterocycles. The highest BCUT2D eigenvalue weighted by Crippen LogP contribution is 2.24. The van der Waals surface area contributed by atoms with Crippen LogP contribution < -0.4 is 0 Å². The first kappa shape index (κ1) is 15.4. The summed E-state index contributed by atoms with van der Waals surface area (Å²) in [5, 5.41) is 4.30. The van der Waals surface area contributed by atoms with Gasteiger partial charge in [-0.05, 0) is 25.6 Å². The van der Waals surface area contributed by atoms with Gasteiger partial charge in [0.15, 0.2) is 0 Å². The Morgan fingerprint density at radius 1 is 1.25 bits per heavy atom. The summed E-state index contributed by atoms with van der Waals surface area (Å²) in [4.78, 5) is 17.4. The lowest BCUT2D eigenvalue weighted by molar-refractivity contribution is -0.0893. The summed E-state index contributed by atoms with van der Waals surface area (Å²) in [6.45, 7) is 3.14. The number of morpholine rings is 1. The average molecular weight is 329 g/mol. The van der Waals surface area contributed by atoms with Crippen molar-refractivity contribution in [3.8, 4) is 5.82 Å². The molecule has 0 aliphatic carbocycles. The molecule has 0 unspecified atom stereocenters. The van der Waals surface area contributed by atoms with Gasteiger partial charge in [0.05, 0.1) is 24.9 Å². The molecule has 128 valence electrons. The molecular weight excluding hydrogens is 306 g/mol. The monoisotopic (exact) mass is 329 g/mol. The Hall–Kier alpha value is -2.12. The maximum atomic E-state index is 13.1. The zero-order valence-electron chi connectivity index (χ0n) is 14.1. The van der Waals surface area contributed by atoms with Crippen molar-refractivity contribution in [1.82, 2.24) is 24.1 Å². The van der Waals surface area contributed by atoms with Crippen molar-refractivity contribution in [3.05, 3.63) is 36.3 Å². The van der Waals surface area contributed by atoms with Crippen LogP contribution in [-0.2, 0) is 11.8 Å². The Morgan fingerprint density at radius 3 is 2.83 bits per heavy atom. The highest BCUT2D eigenvalue weighted by molar-refractivity contribution is 5.97. The number of ether oxygens (including phenoxy) is 1. The number of aryl methyl sites for hydroxylation is 1. The van der Waals surface area contributed by atoms with E-state index in [-0.39, 0.29) is 18.1 Å². The lowest BCUT2D eigenvalue weighted by Gasteiger charge is -2.45. The summed E-state index contributed by atoms with van der Waals surface area (Å²) >= 11 is 0. The minimum atomic E-state index is 0.0456. The van der Waals surface area contributed by atoms with Gasteiger partial charge in [0.25, 0.3) is 5.91 Å². The number of hydrogen-bond donors (Lipinski definition) is 0. The standard InChI is InChI=1S/C17H23N5O2/c1-19-9-10-24-15-5-8-22(12-14(15)19)17(23)13-11-18-20(2)16(13)21-6-3-4-7-21/h3-4,6-7,11,14-15H,5,8-10,12H2,1-2H3/t14-,15+/m1/s1. The highest BCUT2D eigenvalue weighted by Gasteiger charge is 2.37. The summed E-state index contributed by atoms with van der Waals surface area (Å²) in [5.41, 5.74) is 0.645. The number of carbonyl (C=O) groups is 1. The quantitative estimate of drug-likeness (QED) is 0.816. The van der Waals surface area contributed by atoms with Crippen LogP contribution in [0.3, 0.4) is 0 Å². The maximum absolute atomic E-state index is 13.1. The van der Waals surface area contributed by atoms with Gasteiger partial charge in [-0.25, -0.2) is 0 Å². The molecule has 2 aromatic heterocycles. The van der Waals surface area contributed by atoms with E-state index in [1.54, 1.807) is 10.9 Å². The lowest BCUT2D eigenvalue weighted by atomic mass is 9.98. The number of hydrogen-bond acceptors (Lipinski definition) is 4. The van der Waals surface area contributed by atoms with Crippen LogP contribution in [0.5, 0.6) is 0 Å². The molecule has 7 nitrogen and oxygen atoms in total. The van der Waals surface area contributed by atoms with E-state index in [0.29, 0.717) is 12.1 Å². The summed E-state index contributed by atoms with van der Waals surface area (Å²) in [6.07, 6.45) is 6.67. The predicted octanol–water partition coefficient (Wildman–Crippen LogP) is 0.756. The second-order valence-corrected chi connectivity index (χ2v) is 6.59. The minimum Gasteiger partial charge on any atom is -0.375 e.